The minimum atomic E-state index is -0.791. The highest BCUT2D eigenvalue weighted by molar-refractivity contribution is 5.77. The number of hydrogen-bond acceptors (Lipinski definition) is 5. The smallest absolute Gasteiger partial charge is 0.306 e. The minimum Gasteiger partial charge on any atom is -0.462 e. The Morgan fingerprint density at radius 3 is 1.29 bits per heavy atom. The van der Waals surface area contributed by atoms with Gasteiger partial charge in [0, 0.05) is 6.42 Å². The molecule has 0 fully saturated rings. The van der Waals surface area contributed by atoms with Crippen molar-refractivity contribution in [2.45, 2.75) is 296 Å². The van der Waals surface area contributed by atoms with Crippen molar-refractivity contribution < 1.29 is 24.5 Å². The van der Waals surface area contributed by atoms with Crippen molar-refractivity contribution in [1.82, 2.24) is 5.32 Å². The van der Waals surface area contributed by atoms with E-state index in [9.17, 15) is 19.8 Å². The van der Waals surface area contributed by atoms with Crippen LogP contribution in [0, 0.1) is 0 Å². The van der Waals surface area contributed by atoms with Crippen molar-refractivity contribution >= 4 is 11.9 Å². The van der Waals surface area contributed by atoms with Gasteiger partial charge in [0.1, 0.15) is 6.10 Å². The molecule has 0 aromatic carbocycles. The Balaban J connectivity index is 4.56. The van der Waals surface area contributed by atoms with Crippen LogP contribution < -0.4 is 5.32 Å². The van der Waals surface area contributed by atoms with Gasteiger partial charge in [-0.15, -0.1) is 0 Å². The number of amides is 1. The molecule has 3 unspecified atom stereocenters. The van der Waals surface area contributed by atoms with Crippen LogP contribution in [-0.2, 0) is 14.3 Å². The van der Waals surface area contributed by atoms with Gasteiger partial charge >= 0.3 is 5.97 Å². The first-order chi connectivity index (χ1) is 29.0. The molecule has 0 saturated heterocycles. The van der Waals surface area contributed by atoms with Crippen LogP contribution in [0.4, 0.5) is 0 Å². The molecule has 0 saturated carbocycles. The Hall–Kier alpha value is -1.66. The van der Waals surface area contributed by atoms with Crippen LogP contribution in [0.15, 0.2) is 24.3 Å². The van der Waals surface area contributed by atoms with E-state index in [1.54, 1.807) is 0 Å². The molecule has 0 spiro atoms. The largest absolute Gasteiger partial charge is 0.462 e. The summed E-state index contributed by atoms with van der Waals surface area (Å²) in [7, 11) is 0. The topological polar surface area (TPSA) is 95.9 Å². The van der Waals surface area contributed by atoms with Crippen LogP contribution in [0.25, 0.3) is 0 Å². The van der Waals surface area contributed by atoms with E-state index in [-0.39, 0.29) is 24.9 Å². The summed E-state index contributed by atoms with van der Waals surface area (Å²) in [5.74, 6) is -0.541. The van der Waals surface area contributed by atoms with Crippen molar-refractivity contribution in [2.75, 3.05) is 6.61 Å². The lowest BCUT2D eigenvalue weighted by molar-refractivity contribution is -0.150. The van der Waals surface area contributed by atoms with E-state index in [0.29, 0.717) is 25.7 Å². The first-order valence-corrected chi connectivity index (χ1v) is 26.1. The third-order valence-electron chi connectivity index (χ3n) is 12.0. The van der Waals surface area contributed by atoms with Crippen LogP contribution in [0.5, 0.6) is 0 Å². The molecular weight excluding hydrogens is 731 g/mol. The second kappa shape index (κ2) is 47.4. The number of esters is 1. The lowest BCUT2D eigenvalue weighted by atomic mass is 10.0. The van der Waals surface area contributed by atoms with Gasteiger partial charge < -0.3 is 20.3 Å². The van der Waals surface area contributed by atoms with E-state index in [1.165, 1.54) is 186 Å². The Morgan fingerprint density at radius 2 is 0.864 bits per heavy atom. The van der Waals surface area contributed by atoms with Gasteiger partial charge in [-0.2, -0.15) is 0 Å². The van der Waals surface area contributed by atoms with Gasteiger partial charge in [-0.25, -0.2) is 0 Å². The summed E-state index contributed by atoms with van der Waals surface area (Å²) in [6, 6.07) is -0.706. The fraction of sp³-hybridized carbons (Fsp3) is 0.887. The molecule has 0 heterocycles. The van der Waals surface area contributed by atoms with Crippen LogP contribution in [-0.4, -0.2) is 46.9 Å². The van der Waals surface area contributed by atoms with Crippen LogP contribution in [0.3, 0.4) is 0 Å². The van der Waals surface area contributed by atoms with E-state index in [1.807, 2.05) is 0 Å². The van der Waals surface area contributed by atoms with Crippen molar-refractivity contribution in [1.29, 1.82) is 0 Å². The van der Waals surface area contributed by atoms with E-state index in [0.717, 1.165) is 38.5 Å². The predicted molar refractivity (Wildman–Crippen MR) is 255 cm³/mol. The molecule has 0 rings (SSSR count). The summed E-state index contributed by atoms with van der Waals surface area (Å²) in [5, 5.41) is 23.8. The van der Waals surface area contributed by atoms with Gasteiger partial charge in [-0.05, 0) is 44.9 Å². The number of nitrogens with one attached hydrogen (secondary N) is 1. The molecule has 6 heteroatoms. The maximum absolute atomic E-state index is 13.2. The lowest BCUT2D eigenvalue weighted by Crippen LogP contribution is -2.46. The number of carbonyl (C=O) groups excluding carboxylic acids is 2. The zero-order valence-corrected chi connectivity index (χ0v) is 39.7. The predicted octanol–water partition coefficient (Wildman–Crippen LogP) is 15.5. The number of aliphatic hydroxyl groups is 2. The second-order valence-electron chi connectivity index (χ2n) is 17.9. The number of aliphatic hydroxyl groups excluding tert-OH is 2. The molecule has 0 aliphatic heterocycles. The van der Waals surface area contributed by atoms with E-state index in [2.05, 4.69) is 50.4 Å². The molecule has 0 aromatic rings. The molecule has 348 valence electrons. The Morgan fingerprint density at radius 1 is 0.492 bits per heavy atom. The maximum atomic E-state index is 13.2. The number of ether oxygens (including phenoxy) is 1. The van der Waals surface area contributed by atoms with Crippen LogP contribution in [0.1, 0.15) is 278 Å². The van der Waals surface area contributed by atoms with E-state index >= 15 is 0 Å². The Labute approximate surface area is 367 Å². The SMILES string of the molecule is CCCCCCCC/C=C\C/C=C/CCC(=O)OC(CCCCCCCCCCCCCC)CC(=O)NC(CO)C(O)CCCCCCCCCCCCCCCCC. The molecule has 0 aliphatic rings. The summed E-state index contributed by atoms with van der Waals surface area (Å²) in [6.07, 6.45) is 53.9. The van der Waals surface area contributed by atoms with Gasteiger partial charge in [-0.3, -0.25) is 9.59 Å². The Kier molecular flexibility index (Phi) is 46.1. The van der Waals surface area contributed by atoms with Crippen LogP contribution in [0.2, 0.25) is 0 Å². The van der Waals surface area contributed by atoms with Crippen molar-refractivity contribution in [3.8, 4) is 0 Å². The molecule has 6 nitrogen and oxygen atoms in total. The normalized spacial score (nSPS) is 13.4. The number of carbonyl (C=O) groups is 2. The van der Waals surface area contributed by atoms with E-state index in [4.69, 9.17) is 4.74 Å². The van der Waals surface area contributed by atoms with Gasteiger partial charge in [0.2, 0.25) is 5.91 Å². The Bertz CT molecular complexity index is 935. The van der Waals surface area contributed by atoms with E-state index < -0.39 is 18.2 Å². The summed E-state index contributed by atoms with van der Waals surface area (Å²) in [6.45, 7) is 6.48. The molecule has 0 aromatic heterocycles. The molecule has 0 aliphatic carbocycles. The van der Waals surface area contributed by atoms with Crippen molar-refractivity contribution in [3.05, 3.63) is 24.3 Å². The van der Waals surface area contributed by atoms with Crippen LogP contribution >= 0.6 is 0 Å². The number of allylic oxidation sites excluding steroid dienone is 4. The highest BCUT2D eigenvalue weighted by Crippen LogP contribution is 2.18. The zero-order valence-electron chi connectivity index (χ0n) is 39.7. The fourth-order valence-corrected chi connectivity index (χ4v) is 8.07. The van der Waals surface area contributed by atoms with Gasteiger partial charge in [0.25, 0.3) is 0 Å². The molecule has 1 amide bonds. The highest BCUT2D eigenvalue weighted by Gasteiger charge is 2.24. The third kappa shape index (κ3) is 42.8. The highest BCUT2D eigenvalue weighted by atomic mass is 16.5. The minimum absolute atomic E-state index is 0.0607. The average molecular weight is 832 g/mol. The van der Waals surface area contributed by atoms with Gasteiger partial charge in [-0.1, -0.05) is 244 Å². The third-order valence-corrected chi connectivity index (χ3v) is 12.0. The summed E-state index contributed by atoms with van der Waals surface area (Å²) >= 11 is 0. The molecule has 59 heavy (non-hydrogen) atoms. The lowest BCUT2D eigenvalue weighted by Gasteiger charge is -2.24. The fourth-order valence-electron chi connectivity index (χ4n) is 8.07. The van der Waals surface area contributed by atoms with Crippen molar-refractivity contribution in [3.63, 3.8) is 0 Å². The standard InChI is InChI=1S/C53H101NO5/c1-4-7-10-13-16-19-22-25-26-28-30-33-36-39-42-45-51(56)50(48-55)54-52(57)47-49(44-41-38-35-32-29-24-21-18-15-12-9-6-3)59-53(58)46-43-40-37-34-31-27-23-20-17-14-11-8-5-2/h27,31,37,40,49-51,55-56H,4-26,28-30,32-36,38-39,41-48H2,1-3H3,(H,54,57)/b31-27-,40-37+. The summed E-state index contributed by atoms with van der Waals surface area (Å²) < 4.78 is 5.89. The monoisotopic (exact) mass is 832 g/mol. The molecule has 0 radical (unpaired) electrons. The van der Waals surface area contributed by atoms with Gasteiger partial charge in [0.15, 0.2) is 0 Å². The quantitative estimate of drug-likeness (QED) is 0.0322. The van der Waals surface area contributed by atoms with Gasteiger partial charge in [0.05, 0.1) is 25.2 Å². The van der Waals surface area contributed by atoms with Crippen molar-refractivity contribution in [2.24, 2.45) is 0 Å². The number of hydrogen-bond donors (Lipinski definition) is 3. The number of rotatable bonds is 47. The zero-order chi connectivity index (χ0) is 43.1. The number of unbranched alkanes of at least 4 members (excludes halogenated alkanes) is 31. The summed E-state index contributed by atoms with van der Waals surface area (Å²) in [4.78, 5) is 26.1. The first-order valence-electron chi connectivity index (χ1n) is 26.1. The second-order valence-corrected chi connectivity index (χ2v) is 17.9. The molecule has 0 bridgehead atoms. The summed E-state index contributed by atoms with van der Waals surface area (Å²) in [5.41, 5.74) is 0. The maximum Gasteiger partial charge on any atom is 0.306 e. The molecule has 3 atom stereocenters. The molecule has 3 N–H and O–H groups in total. The molecular formula is C53H101NO5. The average Bonchev–Trinajstić information content (AvgIpc) is 3.23. The first kappa shape index (κ1) is 57.3.